The molecule has 0 heterocycles. The van der Waals surface area contributed by atoms with Crippen LogP contribution in [0.5, 0.6) is 0 Å². The van der Waals surface area contributed by atoms with Crippen LogP contribution in [0.25, 0.3) is 0 Å². The van der Waals surface area contributed by atoms with Gasteiger partial charge in [0, 0.05) is 7.11 Å². The largest absolute Gasteiger partial charge is 0.416 e. The van der Waals surface area contributed by atoms with Gasteiger partial charge >= 0.3 is 6.18 Å². The lowest BCUT2D eigenvalue weighted by molar-refractivity contribution is -0.140. The summed E-state index contributed by atoms with van der Waals surface area (Å²) < 4.78 is 43.7. The Balaban J connectivity index is 3.33. The second-order valence-electron chi connectivity index (χ2n) is 3.89. The summed E-state index contributed by atoms with van der Waals surface area (Å²) in [5, 5.41) is 0. The van der Waals surface area contributed by atoms with Gasteiger partial charge in [-0.15, -0.1) is 0 Å². The summed E-state index contributed by atoms with van der Waals surface area (Å²) in [6, 6.07) is 5.06. The van der Waals surface area contributed by atoms with Crippen LogP contribution in [-0.4, -0.2) is 19.7 Å². The first kappa shape index (κ1) is 14.4. The molecule has 1 aromatic carbocycles. The highest BCUT2D eigenvalue weighted by Gasteiger charge is 2.39. The van der Waals surface area contributed by atoms with Gasteiger partial charge < -0.3 is 4.74 Å². The summed E-state index contributed by atoms with van der Waals surface area (Å²) in [5.74, 6) is 0. The molecule has 0 aliphatic rings. The van der Waals surface area contributed by atoms with Crippen molar-refractivity contribution in [1.29, 1.82) is 0 Å². The van der Waals surface area contributed by atoms with E-state index >= 15 is 0 Å². The second kappa shape index (κ2) is 5.33. The minimum atomic E-state index is -4.48. The number of rotatable bonds is 4. The van der Waals surface area contributed by atoms with E-state index in [-0.39, 0.29) is 12.1 Å². The summed E-state index contributed by atoms with van der Waals surface area (Å²) in [7, 11) is 1.27. The lowest BCUT2D eigenvalue weighted by atomic mass is 9.91. The van der Waals surface area contributed by atoms with Crippen molar-refractivity contribution in [3.63, 3.8) is 0 Å². The molecule has 0 spiro atoms. The molecule has 0 aliphatic heterocycles. The molecule has 0 saturated carbocycles. The molecule has 0 radical (unpaired) electrons. The molecular weight excluding hydrogens is 247 g/mol. The number of hydrogen-bond donors (Lipinski definition) is 0. The van der Waals surface area contributed by atoms with Crippen molar-refractivity contribution in [2.24, 2.45) is 4.99 Å². The van der Waals surface area contributed by atoms with E-state index in [0.29, 0.717) is 0 Å². The van der Waals surface area contributed by atoms with E-state index in [0.717, 1.165) is 6.07 Å². The number of alkyl halides is 3. The zero-order valence-corrected chi connectivity index (χ0v) is 9.91. The normalized spacial score (nSPS) is 14.7. The molecular formula is C12H12F3NO2. The molecule has 3 nitrogen and oxygen atoms in total. The van der Waals surface area contributed by atoms with Gasteiger partial charge in [-0.3, -0.25) is 0 Å². The molecule has 1 rings (SSSR count). The predicted octanol–water partition coefficient (Wildman–Crippen LogP) is 2.90. The SMILES string of the molecule is COC(C)(CN=C=O)c1ccccc1C(F)(F)F. The highest BCUT2D eigenvalue weighted by atomic mass is 19.4. The molecule has 1 atom stereocenters. The van der Waals surface area contributed by atoms with Crippen molar-refractivity contribution in [3.05, 3.63) is 35.4 Å². The fourth-order valence-corrected chi connectivity index (χ4v) is 1.63. The summed E-state index contributed by atoms with van der Waals surface area (Å²) in [6.07, 6.45) is -3.19. The number of isocyanates is 1. The zero-order valence-electron chi connectivity index (χ0n) is 9.91. The number of benzene rings is 1. The molecule has 98 valence electrons. The lowest BCUT2D eigenvalue weighted by Crippen LogP contribution is -2.31. The predicted molar refractivity (Wildman–Crippen MR) is 58.8 cm³/mol. The Morgan fingerprint density at radius 3 is 2.28 bits per heavy atom. The van der Waals surface area contributed by atoms with Crippen LogP contribution in [0.4, 0.5) is 13.2 Å². The number of hydrogen-bond acceptors (Lipinski definition) is 3. The summed E-state index contributed by atoms with van der Waals surface area (Å²) in [6.45, 7) is 1.22. The van der Waals surface area contributed by atoms with Crippen molar-refractivity contribution >= 4 is 6.08 Å². The van der Waals surface area contributed by atoms with Crippen molar-refractivity contribution in [1.82, 2.24) is 0 Å². The third-order valence-electron chi connectivity index (χ3n) is 2.70. The first-order chi connectivity index (χ1) is 8.35. The van der Waals surface area contributed by atoms with Gasteiger partial charge in [-0.05, 0) is 18.6 Å². The highest BCUT2D eigenvalue weighted by molar-refractivity contribution is 5.37. The fraction of sp³-hybridized carbons (Fsp3) is 0.417. The van der Waals surface area contributed by atoms with Crippen LogP contribution in [0.2, 0.25) is 0 Å². The van der Waals surface area contributed by atoms with Gasteiger partial charge in [-0.1, -0.05) is 18.2 Å². The molecule has 0 N–H and O–H groups in total. The van der Waals surface area contributed by atoms with Crippen molar-refractivity contribution in [2.45, 2.75) is 18.7 Å². The van der Waals surface area contributed by atoms with Gasteiger partial charge in [-0.25, -0.2) is 9.79 Å². The quantitative estimate of drug-likeness (QED) is 0.616. The maximum atomic E-state index is 12.9. The topological polar surface area (TPSA) is 38.7 Å². The molecule has 0 amide bonds. The average Bonchev–Trinajstić information content (AvgIpc) is 2.35. The second-order valence-corrected chi connectivity index (χ2v) is 3.89. The minimum Gasteiger partial charge on any atom is -0.372 e. The van der Waals surface area contributed by atoms with E-state index in [4.69, 9.17) is 4.74 Å². The number of carbonyl (C=O) groups excluding carboxylic acids is 1. The van der Waals surface area contributed by atoms with Crippen LogP contribution in [-0.2, 0) is 21.3 Å². The van der Waals surface area contributed by atoms with Gasteiger partial charge in [0.05, 0.1) is 12.1 Å². The van der Waals surface area contributed by atoms with Crippen LogP contribution < -0.4 is 0 Å². The Morgan fingerprint density at radius 2 is 1.83 bits per heavy atom. The molecule has 0 fully saturated rings. The van der Waals surface area contributed by atoms with Crippen molar-refractivity contribution < 1.29 is 22.7 Å². The van der Waals surface area contributed by atoms with Gasteiger partial charge in [-0.2, -0.15) is 13.2 Å². The smallest absolute Gasteiger partial charge is 0.372 e. The van der Waals surface area contributed by atoms with Crippen LogP contribution in [0, 0.1) is 0 Å². The van der Waals surface area contributed by atoms with E-state index in [2.05, 4.69) is 4.99 Å². The van der Waals surface area contributed by atoms with E-state index in [1.165, 1.54) is 38.3 Å². The molecule has 1 unspecified atom stereocenters. The van der Waals surface area contributed by atoms with Crippen LogP contribution in [0.3, 0.4) is 0 Å². The van der Waals surface area contributed by atoms with Crippen LogP contribution >= 0.6 is 0 Å². The number of aliphatic imine (C=N–C) groups is 1. The van der Waals surface area contributed by atoms with Gasteiger partial charge in [0.1, 0.15) is 5.60 Å². The standard InChI is InChI=1S/C12H12F3NO2/c1-11(18-2,7-16-8-17)9-5-3-4-6-10(9)12(13,14)15/h3-6H,7H2,1-2H3. The Labute approximate surface area is 102 Å². The van der Waals surface area contributed by atoms with Crippen molar-refractivity contribution in [2.75, 3.05) is 13.7 Å². The van der Waals surface area contributed by atoms with Crippen molar-refractivity contribution in [3.8, 4) is 0 Å². The molecule has 0 bridgehead atoms. The lowest BCUT2D eigenvalue weighted by Gasteiger charge is -2.29. The van der Waals surface area contributed by atoms with Gasteiger partial charge in [0.2, 0.25) is 6.08 Å². The summed E-state index contributed by atoms with van der Waals surface area (Å²) >= 11 is 0. The molecule has 0 aliphatic carbocycles. The maximum absolute atomic E-state index is 12.9. The van der Waals surface area contributed by atoms with E-state index in [9.17, 15) is 18.0 Å². The Kier molecular flexibility index (Phi) is 4.27. The van der Waals surface area contributed by atoms with Crippen LogP contribution in [0.15, 0.2) is 29.3 Å². The Bertz CT molecular complexity index is 467. The molecule has 1 aromatic rings. The Hall–Kier alpha value is -1.65. The number of halogens is 3. The number of ether oxygens (including phenoxy) is 1. The van der Waals surface area contributed by atoms with Crippen LogP contribution in [0.1, 0.15) is 18.1 Å². The molecule has 0 aromatic heterocycles. The van der Waals surface area contributed by atoms with E-state index < -0.39 is 17.3 Å². The third-order valence-corrected chi connectivity index (χ3v) is 2.70. The highest BCUT2D eigenvalue weighted by Crippen LogP contribution is 2.38. The summed E-state index contributed by atoms with van der Waals surface area (Å²) in [5.41, 5.74) is -2.17. The number of methoxy groups -OCH3 is 1. The zero-order chi connectivity index (χ0) is 13.8. The first-order valence-electron chi connectivity index (χ1n) is 5.10. The minimum absolute atomic E-state index is 0.0565. The Morgan fingerprint density at radius 1 is 1.28 bits per heavy atom. The molecule has 6 heteroatoms. The summed E-state index contributed by atoms with van der Waals surface area (Å²) in [4.78, 5) is 13.4. The van der Waals surface area contributed by atoms with E-state index in [1.807, 2.05) is 0 Å². The molecule has 18 heavy (non-hydrogen) atoms. The monoisotopic (exact) mass is 259 g/mol. The average molecular weight is 259 g/mol. The first-order valence-corrected chi connectivity index (χ1v) is 5.10. The molecule has 0 saturated heterocycles. The maximum Gasteiger partial charge on any atom is 0.416 e. The third kappa shape index (κ3) is 2.97. The number of nitrogens with zero attached hydrogens (tertiary/aromatic N) is 1. The fourth-order valence-electron chi connectivity index (χ4n) is 1.63. The van der Waals surface area contributed by atoms with Gasteiger partial charge in [0.25, 0.3) is 0 Å². The van der Waals surface area contributed by atoms with Gasteiger partial charge in [0.15, 0.2) is 0 Å². The van der Waals surface area contributed by atoms with E-state index in [1.54, 1.807) is 0 Å².